The minimum atomic E-state index is -0.597. The molecule has 0 unspecified atom stereocenters. The van der Waals surface area contributed by atoms with E-state index in [0.717, 1.165) is 43.4 Å². The first-order chi connectivity index (χ1) is 12.6. The number of benzene rings is 1. The molecule has 5 heteroatoms. The van der Waals surface area contributed by atoms with Gasteiger partial charge in [0.25, 0.3) is 0 Å². The lowest BCUT2D eigenvalue weighted by Crippen LogP contribution is -2.55. The third-order valence-electron chi connectivity index (χ3n) is 6.76. The van der Waals surface area contributed by atoms with Gasteiger partial charge in [0, 0.05) is 19.3 Å². The number of amides is 2. The number of hydrogen-bond donors (Lipinski definition) is 1. The van der Waals surface area contributed by atoms with Gasteiger partial charge in [-0.2, -0.15) is 0 Å². The largest absolute Gasteiger partial charge is 0.384 e. The number of nitrogens with one attached hydrogen (secondary N) is 1. The Labute approximate surface area is 155 Å². The minimum Gasteiger partial charge on any atom is -0.384 e. The first-order valence-corrected chi connectivity index (χ1v) is 9.80. The summed E-state index contributed by atoms with van der Waals surface area (Å²) < 4.78 is 5.39. The molecule has 1 aromatic carbocycles. The normalized spacial score (nSPS) is 28.8. The number of methoxy groups -OCH3 is 1. The lowest BCUT2D eigenvalue weighted by molar-refractivity contribution is -0.154. The van der Waals surface area contributed by atoms with E-state index in [-0.39, 0.29) is 23.3 Å². The van der Waals surface area contributed by atoms with Crippen molar-refractivity contribution in [2.24, 2.45) is 5.41 Å². The van der Waals surface area contributed by atoms with Gasteiger partial charge in [0.1, 0.15) is 0 Å². The predicted molar refractivity (Wildman–Crippen MR) is 99.9 cm³/mol. The number of carbonyl (C=O) groups excluding carboxylic acids is 2. The van der Waals surface area contributed by atoms with Crippen molar-refractivity contribution in [3.8, 4) is 0 Å². The van der Waals surface area contributed by atoms with E-state index in [4.69, 9.17) is 4.74 Å². The van der Waals surface area contributed by atoms with Crippen LogP contribution in [0.25, 0.3) is 0 Å². The molecule has 1 saturated heterocycles. The van der Waals surface area contributed by atoms with Gasteiger partial charge in [-0.1, -0.05) is 38.0 Å². The Morgan fingerprint density at radius 2 is 2.08 bits per heavy atom. The van der Waals surface area contributed by atoms with Crippen LogP contribution in [-0.2, 0) is 19.7 Å². The fraction of sp³-hybridized carbons (Fsp3) is 0.619. The predicted octanol–water partition coefficient (Wildman–Crippen LogP) is 3.09. The van der Waals surface area contributed by atoms with Crippen LogP contribution in [0.15, 0.2) is 24.3 Å². The Morgan fingerprint density at radius 1 is 1.31 bits per heavy atom. The molecule has 1 N–H and O–H groups in total. The molecule has 3 aliphatic rings. The summed E-state index contributed by atoms with van der Waals surface area (Å²) in [6.07, 6.45) is 5.36. The van der Waals surface area contributed by atoms with Crippen molar-refractivity contribution in [2.45, 2.75) is 56.9 Å². The number of para-hydroxylation sites is 1. The maximum atomic E-state index is 13.5. The summed E-state index contributed by atoms with van der Waals surface area (Å²) in [6, 6.07) is 7.89. The molecular formula is C21H28N2O3. The molecule has 0 aromatic heterocycles. The average Bonchev–Trinajstić information content (AvgIpc) is 3.11. The van der Waals surface area contributed by atoms with Gasteiger partial charge >= 0.3 is 0 Å². The quantitative estimate of drug-likeness (QED) is 0.882. The van der Waals surface area contributed by atoms with E-state index in [1.165, 1.54) is 0 Å². The third kappa shape index (κ3) is 2.26. The number of fused-ring (bicyclic) bond motifs is 2. The molecule has 26 heavy (non-hydrogen) atoms. The van der Waals surface area contributed by atoms with Crippen LogP contribution < -0.4 is 5.32 Å². The Kier molecular flexibility index (Phi) is 4.30. The summed E-state index contributed by atoms with van der Waals surface area (Å²) in [5.74, 6) is 0.250. The van der Waals surface area contributed by atoms with Crippen LogP contribution in [-0.4, -0.2) is 43.0 Å². The number of carbonyl (C=O) groups is 2. The summed E-state index contributed by atoms with van der Waals surface area (Å²) in [4.78, 5) is 28.6. The maximum absolute atomic E-state index is 13.5. The first kappa shape index (κ1) is 17.5. The van der Waals surface area contributed by atoms with Crippen molar-refractivity contribution in [1.29, 1.82) is 0 Å². The zero-order valence-corrected chi connectivity index (χ0v) is 15.7. The Hall–Kier alpha value is -1.88. The van der Waals surface area contributed by atoms with Crippen LogP contribution in [0.4, 0.5) is 5.69 Å². The van der Waals surface area contributed by atoms with Crippen molar-refractivity contribution in [3.05, 3.63) is 29.8 Å². The van der Waals surface area contributed by atoms with Gasteiger partial charge in [0.05, 0.1) is 23.5 Å². The van der Waals surface area contributed by atoms with E-state index in [1.807, 2.05) is 23.1 Å². The molecule has 1 spiro atoms. The molecule has 1 saturated carbocycles. The summed E-state index contributed by atoms with van der Waals surface area (Å²) >= 11 is 0. The molecule has 2 aliphatic heterocycles. The molecule has 2 heterocycles. The standard InChI is InChI=1S/C21H28N2O3/c1-3-7-17-21(15-8-4-5-9-16(15)22-18(21)24)12-13-23(17)19(25)20(14-26-2)10-6-11-20/h4-5,8-9,17H,3,6-7,10-14H2,1-2H3,(H,22,24)/t17-,21+/m0/s1. The van der Waals surface area contributed by atoms with E-state index in [2.05, 4.69) is 18.3 Å². The molecule has 2 amide bonds. The van der Waals surface area contributed by atoms with E-state index < -0.39 is 5.41 Å². The van der Waals surface area contributed by atoms with Crippen LogP contribution in [0, 0.1) is 5.41 Å². The van der Waals surface area contributed by atoms with Crippen molar-refractivity contribution in [1.82, 2.24) is 4.90 Å². The second kappa shape index (κ2) is 6.38. The van der Waals surface area contributed by atoms with Crippen molar-refractivity contribution < 1.29 is 14.3 Å². The molecule has 0 radical (unpaired) electrons. The van der Waals surface area contributed by atoms with Crippen LogP contribution in [0.3, 0.4) is 0 Å². The number of likely N-dealkylation sites (tertiary alicyclic amines) is 1. The van der Waals surface area contributed by atoms with Crippen molar-refractivity contribution in [2.75, 3.05) is 25.6 Å². The van der Waals surface area contributed by atoms with Crippen LogP contribution in [0.5, 0.6) is 0 Å². The van der Waals surface area contributed by atoms with Gasteiger partial charge in [0.2, 0.25) is 11.8 Å². The summed E-state index contributed by atoms with van der Waals surface area (Å²) in [7, 11) is 1.67. The second-order valence-electron chi connectivity index (χ2n) is 8.09. The molecule has 1 aliphatic carbocycles. The zero-order valence-electron chi connectivity index (χ0n) is 15.7. The fourth-order valence-corrected chi connectivity index (χ4v) is 5.32. The molecule has 2 atom stereocenters. The van der Waals surface area contributed by atoms with Crippen LogP contribution in [0.1, 0.15) is 51.0 Å². The van der Waals surface area contributed by atoms with E-state index in [1.54, 1.807) is 7.11 Å². The second-order valence-corrected chi connectivity index (χ2v) is 8.09. The first-order valence-electron chi connectivity index (χ1n) is 9.80. The Bertz CT molecular complexity index is 728. The Morgan fingerprint density at radius 3 is 2.73 bits per heavy atom. The van der Waals surface area contributed by atoms with Crippen molar-refractivity contribution >= 4 is 17.5 Å². The number of nitrogens with zero attached hydrogens (tertiary/aromatic N) is 1. The molecule has 4 rings (SSSR count). The zero-order chi connectivity index (χ0) is 18.4. The number of anilines is 1. The van der Waals surface area contributed by atoms with E-state index in [9.17, 15) is 9.59 Å². The molecule has 2 fully saturated rings. The lowest BCUT2D eigenvalue weighted by Gasteiger charge is -2.44. The topological polar surface area (TPSA) is 58.6 Å². The SMILES string of the molecule is CCC[C@@H]1N(C(=O)C2(COC)CCC2)CC[C@]12C(=O)Nc1ccccc12. The molecule has 1 aromatic rings. The highest BCUT2D eigenvalue weighted by Crippen LogP contribution is 2.52. The molecule has 0 bridgehead atoms. The maximum Gasteiger partial charge on any atom is 0.237 e. The van der Waals surface area contributed by atoms with E-state index in [0.29, 0.717) is 19.6 Å². The van der Waals surface area contributed by atoms with Gasteiger partial charge in [-0.15, -0.1) is 0 Å². The van der Waals surface area contributed by atoms with E-state index >= 15 is 0 Å². The third-order valence-corrected chi connectivity index (χ3v) is 6.76. The average molecular weight is 356 g/mol. The van der Waals surface area contributed by atoms with Gasteiger partial charge < -0.3 is 15.0 Å². The summed E-state index contributed by atoms with van der Waals surface area (Å²) in [5, 5.41) is 3.07. The minimum absolute atomic E-state index is 0.0573. The van der Waals surface area contributed by atoms with Gasteiger partial charge in [-0.3, -0.25) is 9.59 Å². The molecule has 140 valence electrons. The van der Waals surface area contributed by atoms with Gasteiger partial charge in [-0.05, 0) is 37.3 Å². The smallest absolute Gasteiger partial charge is 0.237 e. The molecule has 5 nitrogen and oxygen atoms in total. The number of rotatable bonds is 5. The summed E-state index contributed by atoms with van der Waals surface area (Å²) in [6.45, 7) is 3.26. The fourth-order valence-electron chi connectivity index (χ4n) is 5.32. The monoisotopic (exact) mass is 356 g/mol. The number of ether oxygens (including phenoxy) is 1. The number of hydrogen-bond acceptors (Lipinski definition) is 3. The lowest BCUT2D eigenvalue weighted by atomic mass is 9.67. The Balaban J connectivity index is 1.72. The van der Waals surface area contributed by atoms with Crippen LogP contribution in [0.2, 0.25) is 0 Å². The highest BCUT2D eigenvalue weighted by molar-refractivity contribution is 6.07. The molecular weight excluding hydrogens is 328 g/mol. The highest BCUT2D eigenvalue weighted by Gasteiger charge is 2.60. The van der Waals surface area contributed by atoms with Crippen molar-refractivity contribution in [3.63, 3.8) is 0 Å². The van der Waals surface area contributed by atoms with Crippen LogP contribution >= 0.6 is 0 Å². The van der Waals surface area contributed by atoms with Gasteiger partial charge in [0.15, 0.2) is 0 Å². The highest BCUT2D eigenvalue weighted by atomic mass is 16.5. The summed E-state index contributed by atoms with van der Waals surface area (Å²) in [5.41, 5.74) is 0.998. The van der Waals surface area contributed by atoms with Gasteiger partial charge in [-0.25, -0.2) is 0 Å².